The van der Waals surface area contributed by atoms with Crippen molar-refractivity contribution in [1.29, 1.82) is 0 Å². The van der Waals surface area contributed by atoms with E-state index in [4.69, 9.17) is 0 Å². The number of hydrogen-bond acceptors (Lipinski definition) is 6. The molecule has 2 atom stereocenters. The predicted octanol–water partition coefficient (Wildman–Crippen LogP) is 4.71. The van der Waals surface area contributed by atoms with Crippen molar-refractivity contribution in [2.75, 3.05) is 7.05 Å². The Bertz CT molecular complexity index is 1230. The highest BCUT2D eigenvalue weighted by molar-refractivity contribution is 5.93. The molecule has 8 nitrogen and oxygen atoms in total. The fraction of sp³-hybridized carbons (Fsp3) is 0.414. The van der Waals surface area contributed by atoms with E-state index in [1.807, 2.05) is 56.0 Å². The van der Waals surface area contributed by atoms with Crippen molar-refractivity contribution in [3.8, 4) is 5.82 Å². The summed E-state index contributed by atoms with van der Waals surface area (Å²) < 4.78 is 1.83. The summed E-state index contributed by atoms with van der Waals surface area (Å²) in [5.74, 6) is 1.45. The summed E-state index contributed by atoms with van der Waals surface area (Å²) in [6, 6.07) is 16.1. The summed E-state index contributed by atoms with van der Waals surface area (Å²) >= 11 is 0. The van der Waals surface area contributed by atoms with Crippen LogP contribution in [0.2, 0.25) is 0 Å². The molecule has 1 amide bonds. The number of benzene rings is 1. The molecule has 4 rings (SSSR count). The topological polar surface area (TPSA) is 87.1 Å². The van der Waals surface area contributed by atoms with Crippen LogP contribution in [0.1, 0.15) is 75.9 Å². The normalized spacial score (nSPS) is 19.2. The van der Waals surface area contributed by atoms with Gasteiger partial charge in [0.2, 0.25) is 0 Å². The molecule has 0 aliphatic carbocycles. The third kappa shape index (κ3) is 5.54. The van der Waals surface area contributed by atoms with Crippen molar-refractivity contribution in [2.45, 2.75) is 71.5 Å². The molecule has 0 bridgehead atoms. The lowest BCUT2D eigenvalue weighted by Crippen LogP contribution is -2.59. The number of rotatable bonds is 8. The molecule has 3 aromatic rings. The first-order valence-electron chi connectivity index (χ1n) is 13.0. The number of nitrogens with one attached hydrogen (secondary N) is 3. The van der Waals surface area contributed by atoms with Gasteiger partial charge in [-0.2, -0.15) is 5.10 Å². The number of pyridine rings is 1. The van der Waals surface area contributed by atoms with Gasteiger partial charge in [-0.1, -0.05) is 49.7 Å². The van der Waals surface area contributed by atoms with Crippen LogP contribution in [0.25, 0.3) is 5.82 Å². The number of carbonyl (C=O) groups excluding carboxylic acids is 1. The van der Waals surface area contributed by atoms with E-state index >= 15 is 0 Å². The van der Waals surface area contributed by atoms with Crippen LogP contribution in [0.4, 0.5) is 0 Å². The maximum absolute atomic E-state index is 13.7. The van der Waals surface area contributed by atoms with Gasteiger partial charge in [0.15, 0.2) is 5.82 Å². The Morgan fingerprint density at radius 1 is 1.19 bits per heavy atom. The Kier molecular flexibility index (Phi) is 7.97. The van der Waals surface area contributed by atoms with Gasteiger partial charge in [0.05, 0.1) is 29.4 Å². The zero-order chi connectivity index (χ0) is 26.6. The number of amides is 1. The molecule has 2 aromatic heterocycles. The molecular weight excluding hydrogens is 462 g/mol. The minimum absolute atomic E-state index is 0.101. The van der Waals surface area contributed by atoms with Crippen LogP contribution < -0.4 is 16.1 Å². The SMILES string of the molecule is CCCC(NC(=O)/C(C)=C1\NC(c2ccccc2)CC(C)(C)N1NC)c1cnn(-c2ccccn2)c1C. The van der Waals surface area contributed by atoms with Crippen LogP contribution in [-0.4, -0.2) is 38.3 Å². The van der Waals surface area contributed by atoms with Crippen LogP contribution in [0.15, 0.2) is 72.3 Å². The third-order valence-electron chi connectivity index (χ3n) is 7.14. The maximum Gasteiger partial charge on any atom is 0.251 e. The minimum Gasteiger partial charge on any atom is -0.363 e. The van der Waals surface area contributed by atoms with E-state index in [0.29, 0.717) is 5.57 Å². The molecule has 1 aliphatic heterocycles. The Morgan fingerprint density at radius 2 is 1.92 bits per heavy atom. The van der Waals surface area contributed by atoms with Gasteiger partial charge < -0.3 is 10.6 Å². The first-order valence-corrected chi connectivity index (χ1v) is 13.0. The van der Waals surface area contributed by atoms with Crippen molar-refractivity contribution in [2.24, 2.45) is 0 Å². The van der Waals surface area contributed by atoms with Gasteiger partial charge in [0.1, 0.15) is 5.82 Å². The number of carbonyl (C=O) groups is 1. The number of aromatic nitrogens is 3. The van der Waals surface area contributed by atoms with Gasteiger partial charge in [0.25, 0.3) is 5.91 Å². The molecule has 1 aromatic carbocycles. The predicted molar refractivity (Wildman–Crippen MR) is 147 cm³/mol. The second-order valence-electron chi connectivity index (χ2n) is 10.3. The molecule has 1 saturated heterocycles. The Hall–Kier alpha value is -3.65. The van der Waals surface area contributed by atoms with E-state index in [2.05, 4.69) is 76.2 Å². The lowest BCUT2D eigenvalue weighted by atomic mass is 9.87. The van der Waals surface area contributed by atoms with Gasteiger partial charge in [-0.3, -0.25) is 9.80 Å². The van der Waals surface area contributed by atoms with Gasteiger partial charge in [0, 0.05) is 24.5 Å². The molecule has 1 aliphatic rings. The largest absolute Gasteiger partial charge is 0.363 e. The molecule has 8 heteroatoms. The van der Waals surface area contributed by atoms with Gasteiger partial charge in [-0.15, -0.1) is 0 Å². The second-order valence-corrected chi connectivity index (χ2v) is 10.3. The number of nitrogens with zero attached hydrogens (tertiary/aromatic N) is 4. The first kappa shape index (κ1) is 26.4. The molecule has 0 radical (unpaired) electrons. The summed E-state index contributed by atoms with van der Waals surface area (Å²) in [4.78, 5) is 18.1. The van der Waals surface area contributed by atoms with E-state index in [-0.39, 0.29) is 23.5 Å². The fourth-order valence-corrected chi connectivity index (χ4v) is 5.19. The van der Waals surface area contributed by atoms with Gasteiger partial charge in [-0.05, 0) is 58.2 Å². The Labute approximate surface area is 220 Å². The molecule has 196 valence electrons. The molecule has 0 saturated carbocycles. The summed E-state index contributed by atoms with van der Waals surface area (Å²) in [6.07, 6.45) is 6.23. The minimum atomic E-state index is -0.208. The van der Waals surface area contributed by atoms with Crippen LogP contribution in [-0.2, 0) is 4.79 Å². The van der Waals surface area contributed by atoms with E-state index in [1.54, 1.807) is 6.20 Å². The van der Waals surface area contributed by atoms with Crippen LogP contribution in [0.5, 0.6) is 0 Å². The summed E-state index contributed by atoms with van der Waals surface area (Å²) in [5.41, 5.74) is 6.92. The summed E-state index contributed by atoms with van der Waals surface area (Å²) in [5, 5.41) is 13.6. The smallest absolute Gasteiger partial charge is 0.251 e. The molecule has 37 heavy (non-hydrogen) atoms. The molecule has 3 N–H and O–H groups in total. The van der Waals surface area contributed by atoms with Crippen LogP contribution in [0, 0.1) is 6.92 Å². The van der Waals surface area contributed by atoms with E-state index in [1.165, 1.54) is 5.56 Å². The third-order valence-corrected chi connectivity index (χ3v) is 7.14. The van der Waals surface area contributed by atoms with Crippen LogP contribution >= 0.6 is 0 Å². The monoisotopic (exact) mass is 501 g/mol. The van der Waals surface area contributed by atoms with Gasteiger partial charge >= 0.3 is 0 Å². The van der Waals surface area contributed by atoms with E-state index in [0.717, 1.165) is 42.2 Å². The quantitative estimate of drug-likeness (QED) is 0.388. The Morgan fingerprint density at radius 3 is 2.57 bits per heavy atom. The first-order chi connectivity index (χ1) is 17.8. The number of hydrazine groups is 1. The highest BCUT2D eigenvalue weighted by Gasteiger charge is 2.39. The van der Waals surface area contributed by atoms with Crippen molar-refractivity contribution < 1.29 is 4.79 Å². The van der Waals surface area contributed by atoms with E-state index in [9.17, 15) is 4.79 Å². The van der Waals surface area contributed by atoms with Crippen molar-refractivity contribution >= 4 is 5.91 Å². The molecular formula is C29H39N7O. The lowest BCUT2D eigenvalue weighted by Gasteiger charge is -2.49. The summed E-state index contributed by atoms with van der Waals surface area (Å²) in [6.45, 7) is 10.4. The van der Waals surface area contributed by atoms with Gasteiger partial charge in [-0.25, -0.2) is 15.1 Å². The summed E-state index contributed by atoms with van der Waals surface area (Å²) in [7, 11) is 1.90. The molecule has 1 fully saturated rings. The average molecular weight is 502 g/mol. The van der Waals surface area contributed by atoms with Crippen molar-refractivity contribution in [1.82, 2.24) is 35.8 Å². The van der Waals surface area contributed by atoms with Crippen molar-refractivity contribution in [3.05, 3.63) is 89.1 Å². The fourth-order valence-electron chi connectivity index (χ4n) is 5.19. The lowest BCUT2D eigenvalue weighted by molar-refractivity contribution is -0.118. The van der Waals surface area contributed by atoms with Crippen molar-refractivity contribution in [3.63, 3.8) is 0 Å². The maximum atomic E-state index is 13.7. The van der Waals surface area contributed by atoms with Crippen LogP contribution in [0.3, 0.4) is 0 Å². The zero-order valence-corrected chi connectivity index (χ0v) is 22.7. The highest BCUT2D eigenvalue weighted by atomic mass is 16.1. The zero-order valence-electron chi connectivity index (χ0n) is 22.7. The molecule has 3 heterocycles. The van der Waals surface area contributed by atoms with E-state index < -0.39 is 0 Å². The second kappa shape index (κ2) is 11.2. The molecule has 2 unspecified atom stereocenters. The highest BCUT2D eigenvalue weighted by Crippen LogP contribution is 2.36. The Balaban J connectivity index is 1.63. The standard InChI is InChI=1S/C29H39N7O/c1-7-13-24(23-19-32-35(21(23)3)26-16-11-12-17-31-26)34-28(37)20(2)27-33-25(22-14-9-8-10-15-22)18-29(4,5)36(27)30-6/h8-12,14-17,19,24-25,30,33H,7,13,18H2,1-6H3,(H,34,37)/b27-20+. The average Bonchev–Trinajstić information content (AvgIpc) is 3.29. The molecule has 0 spiro atoms. The number of hydrogen-bond donors (Lipinski definition) is 3.